The summed E-state index contributed by atoms with van der Waals surface area (Å²) < 4.78 is 12.6. The number of aryl methyl sites for hydroxylation is 2. The number of ether oxygens (including phenoxy) is 1. The molecule has 35 heavy (non-hydrogen) atoms. The zero-order valence-electron chi connectivity index (χ0n) is 19.1. The topological polar surface area (TPSA) is 116 Å². The summed E-state index contributed by atoms with van der Waals surface area (Å²) in [6.45, 7) is 3.06. The van der Waals surface area contributed by atoms with E-state index in [4.69, 9.17) is 14.1 Å². The van der Waals surface area contributed by atoms with Crippen LogP contribution in [0.5, 0.6) is 0 Å². The van der Waals surface area contributed by atoms with E-state index < -0.39 is 11.6 Å². The Morgan fingerprint density at radius 3 is 2.77 bits per heavy atom. The van der Waals surface area contributed by atoms with E-state index in [1.165, 1.54) is 24.3 Å². The molecule has 5 aromatic rings. The minimum Gasteiger partial charge on any atom is -0.457 e. The highest BCUT2D eigenvalue weighted by atomic mass is 32.1. The molecule has 1 aromatic carbocycles. The maximum absolute atomic E-state index is 13.3. The SMILES string of the molecule is CC(=O)Nc1ccc2c(COC(=O)c3cc(-c4cccs4)nc4c3c(C)nn4C)cc(=O)oc2c1. The lowest BCUT2D eigenvalue weighted by atomic mass is 10.1. The molecule has 0 aliphatic carbocycles. The van der Waals surface area contributed by atoms with Crippen LogP contribution in [0, 0.1) is 6.92 Å². The van der Waals surface area contributed by atoms with E-state index in [0.717, 1.165) is 4.88 Å². The van der Waals surface area contributed by atoms with Gasteiger partial charge in [0.2, 0.25) is 5.91 Å². The number of rotatable bonds is 5. The normalized spacial score (nSPS) is 11.2. The first-order valence-electron chi connectivity index (χ1n) is 10.7. The number of nitrogens with zero attached hydrogens (tertiary/aromatic N) is 3. The van der Waals surface area contributed by atoms with Gasteiger partial charge in [0.25, 0.3) is 0 Å². The fraction of sp³-hybridized carbons (Fsp3) is 0.160. The molecule has 1 N–H and O–H groups in total. The summed E-state index contributed by atoms with van der Waals surface area (Å²) in [5.74, 6) is -0.796. The van der Waals surface area contributed by atoms with E-state index >= 15 is 0 Å². The van der Waals surface area contributed by atoms with E-state index in [2.05, 4.69) is 10.4 Å². The van der Waals surface area contributed by atoms with Crippen LogP contribution in [0.3, 0.4) is 0 Å². The first-order chi connectivity index (χ1) is 16.8. The third kappa shape index (κ3) is 4.31. The molecule has 0 atom stereocenters. The van der Waals surface area contributed by atoms with Gasteiger partial charge in [0, 0.05) is 42.7 Å². The van der Waals surface area contributed by atoms with Gasteiger partial charge in [-0.3, -0.25) is 9.48 Å². The van der Waals surface area contributed by atoms with E-state index in [1.54, 1.807) is 36.0 Å². The van der Waals surface area contributed by atoms with Crippen molar-refractivity contribution in [1.82, 2.24) is 14.8 Å². The van der Waals surface area contributed by atoms with Crippen molar-refractivity contribution in [2.45, 2.75) is 20.5 Å². The van der Waals surface area contributed by atoms with Crippen LogP contribution < -0.4 is 10.9 Å². The number of esters is 1. The number of hydrogen-bond acceptors (Lipinski definition) is 8. The molecule has 176 valence electrons. The van der Waals surface area contributed by atoms with Crippen LogP contribution in [0.1, 0.15) is 28.5 Å². The molecule has 0 aliphatic rings. The van der Waals surface area contributed by atoms with Gasteiger partial charge in [0.15, 0.2) is 5.65 Å². The zero-order valence-corrected chi connectivity index (χ0v) is 19.9. The molecule has 1 amide bonds. The number of carbonyl (C=O) groups excluding carboxylic acids is 2. The number of anilines is 1. The van der Waals surface area contributed by atoms with Crippen molar-refractivity contribution in [2.75, 3.05) is 5.32 Å². The number of carbonyl (C=O) groups is 2. The van der Waals surface area contributed by atoms with Crippen molar-refractivity contribution in [3.63, 3.8) is 0 Å². The fourth-order valence-electron chi connectivity index (χ4n) is 4.01. The standard InChI is InChI=1S/C25H20N4O5S/c1-13-23-18(11-19(21-5-4-8-35-21)27-24(23)29(3)28-13)25(32)33-12-15-9-22(31)34-20-10-16(26-14(2)30)6-7-17(15)20/h4-11H,12H2,1-3H3,(H,26,30). The van der Waals surface area contributed by atoms with E-state index in [9.17, 15) is 14.4 Å². The predicted octanol–water partition coefficient (Wildman–Crippen LogP) is 4.43. The summed E-state index contributed by atoms with van der Waals surface area (Å²) in [5.41, 5.74) is 2.93. The van der Waals surface area contributed by atoms with Crippen LogP contribution in [-0.2, 0) is 23.2 Å². The predicted molar refractivity (Wildman–Crippen MR) is 132 cm³/mol. The molecule has 0 saturated heterocycles. The van der Waals surface area contributed by atoms with Crippen LogP contribution in [0.4, 0.5) is 5.69 Å². The molecule has 0 spiro atoms. The second-order valence-corrected chi connectivity index (χ2v) is 8.95. The minimum absolute atomic E-state index is 0.141. The number of benzene rings is 1. The molecular formula is C25H20N4O5S. The van der Waals surface area contributed by atoms with Crippen molar-refractivity contribution in [1.29, 1.82) is 0 Å². The first kappa shape index (κ1) is 22.5. The number of thiophene rings is 1. The molecule has 0 radical (unpaired) electrons. The van der Waals surface area contributed by atoms with E-state index in [-0.39, 0.29) is 18.1 Å². The molecule has 5 rings (SSSR count). The summed E-state index contributed by atoms with van der Waals surface area (Å²) in [6, 6.07) is 11.8. The Bertz CT molecular complexity index is 1670. The van der Waals surface area contributed by atoms with Crippen molar-refractivity contribution in [2.24, 2.45) is 7.05 Å². The monoisotopic (exact) mass is 488 g/mol. The molecule has 4 heterocycles. The number of amides is 1. The third-order valence-corrected chi connectivity index (χ3v) is 6.36. The van der Waals surface area contributed by atoms with E-state index in [1.807, 2.05) is 24.4 Å². The molecule has 0 bridgehead atoms. The second-order valence-electron chi connectivity index (χ2n) is 8.00. The molecular weight excluding hydrogens is 468 g/mol. The summed E-state index contributed by atoms with van der Waals surface area (Å²) in [7, 11) is 1.78. The smallest absolute Gasteiger partial charge is 0.339 e. The van der Waals surface area contributed by atoms with Crippen LogP contribution >= 0.6 is 11.3 Å². The van der Waals surface area contributed by atoms with Crippen molar-refractivity contribution >= 4 is 50.9 Å². The summed E-state index contributed by atoms with van der Waals surface area (Å²) in [4.78, 5) is 42.4. The third-order valence-electron chi connectivity index (χ3n) is 5.47. The molecule has 10 heteroatoms. The van der Waals surface area contributed by atoms with Crippen molar-refractivity contribution in [3.05, 3.63) is 75.1 Å². The summed E-state index contributed by atoms with van der Waals surface area (Å²) >= 11 is 1.52. The number of aromatic nitrogens is 3. The Morgan fingerprint density at radius 2 is 2.03 bits per heavy atom. The second kappa shape index (κ2) is 8.80. The lowest BCUT2D eigenvalue weighted by molar-refractivity contribution is -0.114. The largest absolute Gasteiger partial charge is 0.457 e. The van der Waals surface area contributed by atoms with Gasteiger partial charge >= 0.3 is 11.6 Å². The van der Waals surface area contributed by atoms with Gasteiger partial charge in [-0.1, -0.05) is 6.07 Å². The fourth-order valence-corrected chi connectivity index (χ4v) is 4.69. The summed E-state index contributed by atoms with van der Waals surface area (Å²) in [6.07, 6.45) is 0. The van der Waals surface area contributed by atoms with Gasteiger partial charge in [-0.05, 0) is 36.6 Å². The molecule has 0 fully saturated rings. The summed E-state index contributed by atoms with van der Waals surface area (Å²) in [5, 5.41) is 10.2. The van der Waals surface area contributed by atoms with Gasteiger partial charge in [0.1, 0.15) is 12.2 Å². The quantitative estimate of drug-likeness (QED) is 0.287. The first-order valence-corrected chi connectivity index (χ1v) is 11.6. The minimum atomic E-state index is -0.585. The maximum atomic E-state index is 13.3. The maximum Gasteiger partial charge on any atom is 0.339 e. The highest BCUT2D eigenvalue weighted by molar-refractivity contribution is 7.13. The average Bonchev–Trinajstić information content (AvgIpc) is 3.44. The molecule has 0 unspecified atom stereocenters. The van der Waals surface area contributed by atoms with Gasteiger partial charge < -0.3 is 14.5 Å². The Kier molecular flexibility index (Phi) is 5.65. The highest BCUT2D eigenvalue weighted by Gasteiger charge is 2.21. The average molecular weight is 489 g/mol. The number of fused-ring (bicyclic) bond motifs is 2. The van der Waals surface area contributed by atoms with Crippen LogP contribution in [0.2, 0.25) is 0 Å². The number of pyridine rings is 1. The lowest BCUT2D eigenvalue weighted by Crippen LogP contribution is -2.10. The van der Waals surface area contributed by atoms with Crippen molar-refractivity contribution < 1.29 is 18.7 Å². The van der Waals surface area contributed by atoms with Gasteiger partial charge in [-0.25, -0.2) is 14.6 Å². The molecule has 0 saturated carbocycles. The zero-order chi connectivity index (χ0) is 24.7. The lowest BCUT2D eigenvalue weighted by Gasteiger charge is -2.10. The Labute approximate surface area is 203 Å². The number of hydrogen-bond donors (Lipinski definition) is 1. The molecule has 0 aliphatic heterocycles. The Balaban J connectivity index is 1.50. The van der Waals surface area contributed by atoms with Gasteiger partial charge in [-0.15, -0.1) is 11.3 Å². The molecule has 4 aromatic heterocycles. The Morgan fingerprint density at radius 1 is 1.20 bits per heavy atom. The van der Waals surface area contributed by atoms with Crippen molar-refractivity contribution in [3.8, 4) is 10.6 Å². The van der Waals surface area contributed by atoms with Crippen LogP contribution in [0.15, 0.2) is 57.1 Å². The molecule has 9 nitrogen and oxygen atoms in total. The van der Waals surface area contributed by atoms with Gasteiger partial charge in [0.05, 0.1) is 27.2 Å². The highest BCUT2D eigenvalue weighted by Crippen LogP contribution is 2.30. The number of nitrogens with one attached hydrogen (secondary N) is 1. The van der Waals surface area contributed by atoms with Crippen LogP contribution in [0.25, 0.3) is 32.6 Å². The van der Waals surface area contributed by atoms with E-state index in [0.29, 0.717) is 44.6 Å². The van der Waals surface area contributed by atoms with Crippen LogP contribution in [-0.4, -0.2) is 26.6 Å². The Hall–Kier alpha value is -4.31. The van der Waals surface area contributed by atoms with Gasteiger partial charge in [-0.2, -0.15) is 5.10 Å².